The van der Waals surface area contributed by atoms with Crippen molar-refractivity contribution in [3.8, 4) is 0 Å². The minimum Gasteiger partial charge on any atom is -0.299 e. The van der Waals surface area contributed by atoms with Crippen molar-refractivity contribution < 1.29 is 4.79 Å². The summed E-state index contributed by atoms with van der Waals surface area (Å²) in [5.74, 6) is 1.73. The zero-order valence-electron chi connectivity index (χ0n) is 10.8. The van der Waals surface area contributed by atoms with Crippen LogP contribution in [0.2, 0.25) is 0 Å². The van der Waals surface area contributed by atoms with Gasteiger partial charge in [0.05, 0.1) is 0 Å². The van der Waals surface area contributed by atoms with Crippen molar-refractivity contribution in [1.82, 2.24) is 0 Å². The van der Waals surface area contributed by atoms with E-state index < -0.39 is 0 Å². The van der Waals surface area contributed by atoms with Gasteiger partial charge in [0.15, 0.2) is 0 Å². The standard InChI is InChI=1S/C15H22O/c1-10-12-13(2,3)7-8-15(12)6-5-11(16)14(10,4)9-15/h7-8,10,12H,5-6,9H2,1-4H3/t10-,12+,14+,15+/m1/s1. The summed E-state index contributed by atoms with van der Waals surface area (Å²) in [5, 5.41) is 0. The molecule has 0 aromatic heterocycles. The minimum atomic E-state index is -0.0368. The maximum absolute atomic E-state index is 12.2. The quantitative estimate of drug-likeness (QED) is 0.568. The molecule has 3 aliphatic rings. The Labute approximate surface area is 98.3 Å². The molecule has 1 spiro atoms. The highest BCUT2D eigenvalue weighted by atomic mass is 16.1. The SMILES string of the molecule is C[C@@H]1[C@H]2C(C)(C)C=C[C@]23CCC(=O)[C@@]1(C)C3. The second-order valence-corrected chi connectivity index (χ2v) is 7.17. The first-order valence-corrected chi connectivity index (χ1v) is 6.56. The molecule has 2 fully saturated rings. The maximum atomic E-state index is 12.2. The molecule has 0 unspecified atom stereocenters. The van der Waals surface area contributed by atoms with Crippen LogP contribution in [0, 0.1) is 28.1 Å². The zero-order chi connectivity index (χ0) is 11.8. The molecule has 88 valence electrons. The Balaban J connectivity index is 2.14. The van der Waals surface area contributed by atoms with Gasteiger partial charge in [-0.1, -0.05) is 39.8 Å². The molecule has 0 saturated heterocycles. The molecule has 3 rings (SSSR count). The van der Waals surface area contributed by atoms with E-state index in [1.54, 1.807) is 0 Å². The fraction of sp³-hybridized carbons (Fsp3) is 0.800. The van der Waals surface area contributed by atoms with Crippen LogP contribution in [-0.4, -0.2) is 5.78 Å². The fourth-order valence-electron chi connectivity index (χ4n) is 5.16. The topological polar surface area (TPSA) is 17.1 Å². The largest absolute Gasteiger partial charge is 0.299 e. The van der Waals surface area contributed by atoms with E-state index in [1.807, 2.05) is 0 Å². The van der Waals surface area contributed by atoms with Crippen molar-refractivity contribution in [2.24, 2.45) is 28.1 Å². The second-order valence-electron chi connectivity index (χ2n) is 7.17. The number of hydrogen-bond donors (Lipinski definition) is 0. The number of carbonyl (C=O) groups is 1. The van der Waals surface area contributed by atoms with Crippen LogP contribution in [0.25, 0.3) is 0 Å². The lowest BCUT2D eigenvalue weighted by molar-refractivity contribution is -0.131. The molecule has 0 N–H and O–H groups in total. The molecule has 0 aromatic rings. The van der Waals surface area contributed by atoms with E-state index in [1.165, 1.54) is 0 Å². The summed E-state index contributed by atoms with van der Waals surface area (Å²) in [7, 11) is 0. The van der Waals surface area contributed by atoms with Crippen LogP contribution in [0.15, 0.2) is 12.2 Å². The van der Waals surface area contributed by atoms with Crippen molar-refractivity contribution in [2.75, 3.05) is 0 Å². The second kappa shape index (κ2) is 2.63. The Kier molecular flexibility index (Phi) is 1.73. The predicted octanol–water partition coefficient (Wildman–Crippen LogP) is 3.59. The van der Waals surface area contributed by atoms with Crippen molar-refractivity contribution >= 4 is 5.78 Å². The summed E-state index contributed by atoms with van der Waals surface area (Å²) < 4.78 is 0. The van der Waals surface area contributed by atoms with Crippen LogP contribution < -0.4 is 0 Å². The molecule has 16 heavy (non-hydrogen) atoms. The van der Waals surface area contributed by atoms with Gasteiger partial charge < -0.3 is 0 Å². The van der Waals surface area contributed by atoms with Gasteiger partial charge in [-0.15, -0.1) is 0 Å². The van der Waals surface area contributed by atoms with Crippen molar-refractivity contribution in [1.29, 1.82) is 0 Å². The number of rotatable bonds is 0. The highest BCUT2D eigenvalue weighted by molar-refractivity contribution is 5.87. The molecule has 0 radical (unpaired) electrons. The van der Waals surface area contributed by atoms with E-state index in [0.717, 1.165) is 19.3 Å². The van der Waals surface area contributed by atoms with Crippen molar-refractivity contribution in [2.45, 2.75) is 47.0 Å². The van der Waals surface area contributed by atoms with E-state index in [4.69, 9.17) is 0 Å². The Morgan fingerprint density at radius 3 is 2.62 bits per heavy atom. The Morgan fingerprint density at radius 2 is 1.94 bits per heavy atom. The number of carbonyl (C=O) groups excluding carboxylic acids is 1. The summed E-state index contributed by atoms with van der Waals surface area (Å²) in [6, 6.07) is 0. The Morgan fingerprint density at radius 1 is 1.25 bits per heavy atom. The molecule has 1 heteroatoms. The van der Waals surface area contributed by atoms with Gasteiger partial charge in [0.1, 0.15) is 5.78 Å². The molecular weight excluding hydrogens is 196 g/mol. The zero-order valence-corrected chi connectivity index (χ0v) is 10.8. The molecular formula is C15H22O. The lowest BCUT2D eigenvalue weighted by Gasteiger charge is -2.37. The van der Waals surface area contributed by atoms with Gasteiger partial charge in [0, 0.05) is 11.8 Å². The summed E-state index contributed by atoms with van der Waals surface area (Å²) in [4.78, 5) is 12.2. The van der Waals surface area contributed by atoms with Gasteiger partial charge >= 0.3 is 0 Å². The average Bonchev–Trinajstić information content (AvgIpc) is 2.55. The molecule has 0 aromatic carbocycles. The van der Waals surface area contributed by atoms with Crippen molar-refractivity contribution in [3.63, 3.8) is 0 Å². The predicted molar refractivity (Wildman–Crippen MR) is 65.0 cm³/mol. The average molecular weight is 218 g/mol. The van der Waals surface area contributed by atoms with Crippen LogP contribution in [0.1, 0.15) is 47.0 Å². The third-order valence-electron chi connectivity index (χ3n) is 5.92. The van der Waals surface area contributed by atoms with Crippen LogP contribution >= 0.6 is 0 Å². The molecule has 4 atom stereocenters. The maximum Gasteiger partial charge on any atom is 0.139 e. The Bertz CT molecular complexity index is 392. The number of ketones is 1. The first-order chi connectivity index (χ1) is 7.32. The van der Waals surface area contributed by atoms with Crippen molar-refractivity contribution in [3.05, 3.63) is 12.2 Å². The minimum absolute atomic E-state index is 0.0368. The Hall–Kier alpha value is -0.590. The molecule has 0 heterocycles. The molecule has 2 saturated carbocycles. The highest BCUT2D eigenvalue weighted by Crippen LogP contribution is 2.70. The number of fused-ring (bicyclic) bond motifs is 1. The summed E-state index contributed by atoms with van der Waals surface area (Å²) in [5.41, 5.74) is 0.596. The summed E-state index contributed by atoms with van der Waals surface area (Å²) in [6.07, 6.45) is 7.86. The number of hydrogen-bond acceptors (Lipinski definition) is 1. The molecule has 3 aliphatic carbocycles. The first kappa shape index (κ1) is 10.6. The molecule has 1 nitrogen and oxygen atoms in total. The first-order valence-electron chi connectivity index (χ1n) is 6.56. The highest BCUT2D eigenvalue weighted by Gasteiger charge is 2.66. The summed E-state index contributed by atoms with van der Waals surface area (Å²) in [6.45, 7) is 9.20. The van der Waals surface area contributed by atoms with E-state index in [9.17, 15) is 4.79 Å². The van der Waals surface area contributed by atoms with Gasteiger partial charge in [0.25, 0.3) is 0 Å². The van der Waals surface area contributed by atoms with E-state index in [2.05, 4.69) is 39.8 Å². The van der Waals surface area contributed by atoms with Gasteiger partial charge in [-0.25, -0.2) is 0 Å². The molecule has 0 amide bonds. The van der Waals surface area contributed by atoms with Gasteiger partial charge in [-0.2, -0.15) is 0 Å². The van der Waals surface area contributed by atoms with Crippen LogP contribution in [-0.2, 0) is 4.79 Å². The van der Waals surface area contributed by atoms with E-state index in [-0.39, 0.29) is 10.8 Å². The van der Waals surface area contributed by atoms with Gasteiger partial charge in [0.2, 0.25) is 0 Å². The van der Waals surface area contributed by atoms with Crippen LogP contribution in [0.3, 0.4) is 0 Å². The number of allylic oxidation sites excluding steroid dienone is 2. The fourth-order valence-corrected chi connectivity index (χ4v) is 5.16. The third-order valence-corrected chi connectivity index (χ3v) is 5.92. The smallest absolute Gasteiger partial charge is 0.139 e. The normalized spacial score (nSPS) is 53.1. The van der Waals surface area contributed by atoms with E-state index in [0.29, 0.717) is 23.0 Å². The number of Topliss-reactive ketones (excluding diaryl/α,β-unsaturated/α-hetero) is 1. The monoisotopic (exact) mass is 218 g/mol. The molecule has 2 bridgehead atoms. The lowest BCUT2D eigenvalue weighted by Crippen LogP contribution is -2.35. The van der Waals surface area contributed by atoms with Crippen LogP contribution in [0.5, 0.6) is 0 Å². The summed E-state index contributed by atoms with van der Waals surface area (Å²) >= 11 is 0. The van der Waals surface area contributed by atoms with Gasteiger partial charge in [-0.3, -0.25) is 4.79 Å². The van der Waals surface area contributed by atoms with E-state index >= 15 is 0 Å². The van der Waals surface area contributed by atoms with Crippen LogP contribution in [0.4, 0.5) is 0 Å². The molecule has 0 aliphatic heterocycles. The third kappa shape index (κ3) is 0.959. The lowest BCUT2D eigenvalue weighted by atomic mass is 9.67. The van der Waals surface area contributed by atoms with Gasteiger partial charge in [-0.05, 0) is 35.5 Å².